The van der Waals surface area contributed by atoms with Crippen molar-refractivity contribution in [3.05, 3.63) is 106 Å². The van der Waals surface area contributed by atoms with Gasteiger partial charge in [-0.05, 0) is 66.1 Å². The average molecular weight is 586 g/mol. The van der Waals surface area contributed by atoms with Crippen LogP contribution in [0.5, 0.6) is 23.0 Å². The summed E-state index contributed by atoms with van der Waals surface area (Å²) in [5.74, 6) is 2.46. The van der Waals surface area contributed by atoms with Gasteiger partial charge in [0.15, 0.2) is 0 Å². The standard InChI is InChI=1S/C30H27BrF3NO3/c1-36-28-17-26(38-25-13-7-22(8-14-25)21-5-11-24(31)12-6-21)18-29(37-2)27(28)19-35-16-15-20-3-9-23(10-4-20)30(32,33)34/h3-14,17-18,35H,15-16,19H2,1-2H3. The first kappa shape index (κ1) is 27.5. The van der Waals surface area contributed by atoms with Gasteiger partial charge in [0, 0.05) is 23.2 Å². The maximum Gasteiger partial charge on any atom is 0.416 e. The van der Waals surface area contributed by atoms with E-state index >= 15 is 0 Å². The van der Waals surface area contributed by atoms with Crippen LogP contribution >= 0.6 is 15.9 Å². The molecule has 4 aromatic rings. The predicted molar refractivity (Wildman–Crippen MR) is 146 cm³/mol. The highest BCUT2D eigenvalue weighted by atomic mass is 79.9. The van der Waals surface area contributed by atoms with Gasteiger partial charge in [0.2, 0.25) is 0 Å². The summed E-state index contributed by atoms with van der Waals surface area (Å²) in [5.41, 5.74) is 3.18. The number of hydrogen-bond acceptors (Lipinski definition) is 4. The van der Waals surface area contributed by atoms with Crippen LogP contribution in [0.3, 0.4) is 0 Å². The third-order valence-corrected chi connectivity index (χ3v) is 6.55. The Bertz CT molecular complexity index is 1310. The van der Waals surface area contributed by atoms with Gasteiger partial charge in [-0.15, -0.1) is 0 Å². The molecule has 0 spiro atoms. The lowest BCUT2D eigenvalue weighted by atomic mass is 10.1. The Hall–Kier alpha value is -3.49. The molecule has 0 bridgehead atoms. The van der Waals surface area contributed by atoms with E-state index in [-0.39, 0.29) is 0 Å². The first-order valence-corrected chi connectivity index (χ1v) is 12.7. The number of halogens is 4. The van der Waals surface area contributed by atoms with E-state index in [0.717, 1.165) is 38.9 Å². The van der Waals surface area contributed by atoms with Gasteiger partial charge in [-0.2, -0.15) is 13.2 Å². The van der Waals surface area contributed by atoms with Crippen LogP contribution in [0.25, 0.3) is 11.1 Å². The van der Waals surface area contributed by atoms with Crippen molar-refractivity contribution in [2.75, 3.05) is 20.8 Å². The van der Waals surface area contributed by atoms with E-state index in [9.17, 15) is 13.2 Å². The monoisotopic (exact) mass is 585 g/mol. The van der Waals surface area contributed by atoms with E-state index in [1.54, 1.807) is 26.4 Å². The molecule has 0 radical (unpaired) electrons. The van der Waals surface area contributed by atoms with Crippen LogP contribution in [-0.2, 0) is 19.1 Å². The van der Waals surface area contributed by atoms with Crippen LogP contribution < -0.4 is 19.5 Å². The first-order chi connectivity index (χ1) is 18.3. The summed E-state index contributed by atoms with van der Waals surface area (Å²) in [6.07, 6.45) is -3.75. The highest BCUT2D eigenvalue weighted by Crippen LogP contribution is 2.36. The molecule has 0 aliphatic carbocycles. The number of methoxy groups -OCH3 is 2. The molecule has 0 heterocycles. The van der Waals surface area contributed by atoms with Crippen molar-refractivity contribution in [2.45, 2.75) is 19.1 Å². The lowest BCUT2D eigenvalue weighted by Gasteiger charge is -2.16. The molecule has 0 amide bonds. The molecular weight excluding hydrogens is 559 g/mol. The highest BCUT2D eigenvalue weighted by Gasteiger charge is 2.29. The maximum absolute atomic E-state index is 12.8. The molecule has 4 aromatic carbocycles. The predicted octanol–water partition coefficient (Wildman–Crippen LogP) is 8.28. The Morgan fingerprint density at radius 3 is 1.82 bits per heavy atom. The topological polar surface area (TPSA) is 39.7 Å². The zero-order valence-electron chi connectivity index (χ0n) is 20.9. The third-order valence-electron chi connectivity index (χ3n) is 6.02. The number of ether oxygens (including phenoxy) is 3. The second-order valence-corrected chi connectivity index (χ2v) is 9.48. The molecule has 0 aliphatic rings. The van der Waals surface area contributed by atoms with Crippen LogP contribution in [0, 0.1) is 0 Å². The quantitative estimate of drug-likeness (QED) is 0.190. The van der Waals surface area contributed by atoms with Gasteiger partial charge in [0.1, 0.15) is 23.0 Å². The molecule has 0 unspecified atom stereocenters. The molecular formula is C30H27BrF3NO3. The van der Waals surface area contributed by atoms with Gasteiger partial charge in [-0.25, -0.2) is 0 Å². The van der Waals surface area contributed by atoms with Crippen molar-refractivity contribution in [1.82, 2.24) is 5.32 Å². The molecule has 0 saturated heterocycles. The first-order valence-electron chi connectivity index (χ1n) is 11.9. The zero-order valence-corrected chi connectivity index (χ0v) is 22.5. The van der Waals surface area contributed by atoms with Gasteiger partial charge >= 0.3 is 6.18 Å². The molecule has 0 aliphatic heterocycles. The molecule has 0 saturated carbocycles. The van der Waals surface area contributed by atoms with Crippen LogP contribution in [0.15, 0.2) is 89.4 Å². The average Bonchev–Trinajstić information content (AvgIpc) is 2.92. The molecule has 198 valence electrons. The van der Waals surface area contributed by atoms with E-state index in [1.165, 1.54) is 12.1 Å². The van der Waals surface area contributed by atoms with E-state index < -0.39 is 11.7 Å². The Balaban J connectivity index is 1.39. The minimum atomic E-state index is -4.33. The van der Waals surface area contributed by atoms with E-state index in [1.807, 2.05) is 48.5 Å². The molecule has 0 fully saturated rings. The second-order valence-electron chi connectivity index (χ2n) is 8.56. The molecule has 0 aromatic heterocycles. The smallest absolute Gasteiger partial charge is 0.416 e. The van der Waals surface area contributed by atoms with Gasteiger partial charge in [-0.3, -0.25) is 0 Å². The summed E-state index contributed by atoms with van der Waals surface area (Å²) >= 11 is 3.45. The lowest BCUT2D eigenvalue weighted by Crippen LogP contribution is -2.18. The van der Waals surface area contributed by atoms with Crippen LogP contribution in [0.2, 0.25) is 0 Å². The van der Waals surface area contributed by atoms with Gasteiger partial charge in [0.25, 0.3) is 0 Å². The Labute approximate surface area is 228 Å². The number of rotatable bonds is 10. The molecule has 4 nitrogen and oxygen atoms in total. The van der Waals surface area contributed by atoms with Crippen molar-refractivity contribution >= 4 is 15.9 Å². The van der Waals surface area contributed by atoms with Crippen molar-refractivity contribution < 1.29 is 27.4 Å². The van der Waals surface area contributed by atoms with E-state index in [4.69, 9.17) is 14.2 Å². The maximum atomic E-state index is 12.8. The zero-order chi connectivity index (χ0) is 27.1. The van der Waals surface area contributed by atoms with Crippen molar-refractivity contribution in [3.8, 4) is 34.1 Å². The molecule has 1 N–H and O–H groups in total. The summed E-state index contributed by atoms with van der Waals surface area (Å²) in [4.78, 5) is 0. The normalized spacial score (nSPS) is 11.3. The molecule has 4 rings (SSSR count). The fraction of sp³-hybridized carbons (Fsp3) is 0.200. The van der Waals surface area contributed by atoms with E-state index in [2.05, 4.69) is 21.2 Å². The molecule has 0 atom stereocenters. The summed E-state index contributed by atoms with van der Waals surface area (Å²) in [6.45, 7) is 1.02. The summed E-state index contributed by atoms with van der Waals surface area (Å²) in [7, 11) is 3.16. The minimum Gasteiger partial charge on any atom is -0.496 e. The molecule has 38 heavy (non-hydrogen) atoms. The van der Waals surface area contributed by atoms with Crippen LogP contribution in [0.1, 0.15) is 16.7 Å². The van der Waals surface area contributed by atoms with Gasteiger partial charge in [-0.1, -0.05) is 52.3 Å². The summed E-state index contributed by atoms with van der Waals surface area (Å²) in [5, 5.41) is 3.31. The van der Waals surface area contributed by atoms with Crippen LogP contribution in [-0.4, -0.2) is 20.8 Å². The fourth-order valence-corrected chi connectivity index (χ4v) is 4.26. The highest BCUT2D eigenvalue weighted by molar-refractivity contribution is 9.10. The number of alkyl halides is 3. The number of benzene rings is 4. The SMILES string of the molecule is COc1cc(Oc2ccc(-c3ccc(Br)cc3)cc2)cc(OC)c1CNCCc1ccc(C(F)(F)F)cc1. The molecule has 8 heteroatoms. The lowest BCUT2D eigenvalue weighted by molar-refractivity contribution is -0.137. The summed E-state index contributed by atoms with van der Waals surface area (Å²) < 4.78 is 56.6. The van der Waals surface area contributed by atoms with Crippen molar-refractivity contribution in [3.63, 3.8) is 0 Å². The van der Waals surface area contributed by atoms with Gasteiger partial charge < -0.3 is 19.5 Å². The van der Waals surface area contributed by atoms with E-state index in [0.29, 0.717) is 42.5 Å². The fourth-order valence-electron chi connectivity index (χ4n) is 3.99. The van der Waals surface area contributed by atoms with Gasteiger partial charge in [0.05, 0.1) is 25.3 Å². The number of nitrogens with one attached hydrogen (secondary N) is 1. The Morgan fingerprint density at radius 2 is 1.29 bits per heavy atom. The third kappa shape index (κ3) is 7.08. The summed E-state index contributed by atoms with van der Waals surface area (Å²) in [6, 6.07) is 24.8. The van der Waals surface area contributed by atoms with Crippen LogP contribution in [0.4, 0.5) is 13.2 Å². The van der Waals surface area contributed by atoms with Crippen molar-refractivity contribution in [1.29, 1.82) is 0 Å². The second kappa shape index (κ2) is 12.4. The largest absolute Gasteiger partial charge is 0.496 e. The number of hydrogen-bond donors (Lipinski definition) is 1. The minimum absolute atomic E-state index is 0.454. The Kier molecular flexibility index (Phi) is 8.97. The Morgan fingerprint density at radius 1 is 0.737 bits per heavy atom. The van der Waals surface area contributed by atoms with Crippen molar-refractivity contribution in [2.24, 2.45) is 0 Å².